The van der Waals surface area contributed by atoms with Crippen molar-refractivity contribution in [2.75, 3.05) is 0 Å². The van der Waals surface area contributed by atoms with E-state index in [0.29, 0.717) is 5.02 Å². The largest absolute Gasteiger partial charge is 0.316 e. The lowest BCUT2D eigenvalue weighted by Gasteiger charge is -2.14. The highest BCUT2D eigenvalue weighted by atomic mass is 79.9. The second-order valence-electron chi connectivity index (χ2n) is 3.67. The quantitative estimate of drug-likeness (QED) is 0.650. The highest BCUT2D eigenvalue weighted by Gasteiger charge is 2.12. The van der Waals surface area contributed by atoms with Crippen LogP contribution in [0.2, 0.25) is 5.02 Å². The van der Waals surface area contributed by atoms with Gasteiger partial charge in [0.05, 0.1) is 5.69 Å². The summed E-state index contributed by atoms with van der Waals surface area (Å²) in [6, 6.07) is 8.01. The minimum Gasteiger partial charge on any atom is -0.316 e. The minimum atomic E-state index is 0.713. The van der Waals surface area contributed by atoms with Crippen LogP contribution < -0.4 is 0 Å². The van der Waals surface area contributed by atoms with Gasteiger partial charge in [0.2, 0.25) is 0 Å². The molecule has 0 unspecified atom stereocenters. The topological polar surface area (TPSA) is 4.93 Å². The Hall–Kier alpha value is -0.250. The zero-order chi connectivity index (χ0) is 11.9. The number of hydrogen-bond donors (Lipinski definition) is 0. The molecule has 2 rings (SSSR count). The normalized spacial score (nSPS) is 10.8. The number of aromatic nitrogens is 1. The fourth-order valence-electron chi connectivity index (χ4n) is 1.77. The van der Waals surface area contributed by atoms with Crippen molar-refractivity contribution in [3.63, 3.8) is 0 Å². The van der Waals surface area contributed by atoms with Crippen LogP contribution in [0.15, 0.2) is 33.2 Å². The van der Waals surface area contributed by atoms with Crippen LogP contribution in [-0.4, -0.2) is 4.57 Å². The molecular weight excluding hydrogens is 353 g/mol. The van der Waals surface area contributed by atoms with Gasteiger partial charge in [-0.3, -0.25) is 0 Å². The predicted octanol–water partition coefficient (Wildman–Crippen LogP) is 5.27. The Balaban J connectivity index is 2.74. The zero-order valence-electron chi connectivity index (χ0n) is 8.89. The maximum absolute atomic E-state index is 5.99. The van der Waals surface area contributed by atoms with Crippen molar-refractivity contribution in [3.8, 4) is 5.69 Å². The third-order valence-electron chi connectivity index (χ3n) is 2.48. The Morgan fingerprint density at radius 1 is 1.00 bits per heavy atom. The summed E-state index contributed by atoms with van der Waals surface area (Å²) < 4.78 is 4.15. The maximum Gasteiger partial charge on any atom is 0.0741 e. The molecular formula is C12H10Br2ClN. The van der Waals surface area contributed by atoms with E-state index in [2.05, 4.69) is 62.4 Å². The van der Waals surface area contributed by atoms with E-state index in [0.717, 1.165) is 14.6 Å². The molecule has 0 aliphatic carbocycles. The van der Waals surface area contributed by atoms with Crippen molar-refractivity contribution in [2.45, 2.75) is 13.8 Å². The lowest BCUT2D eigenvalue weighted by molar-refractivity contribution is 0.955. The molecule has 84 valence electrons. The Morgan fingerprint density at radius 2 is 1.44 bits per heavy atom. The minimum absolute atomic E-state index is 0.713. The molecule has 1 nitrogen and oxygen atoms in total. The number of aryl methyl sites for hydroxylation is 2. The summed E-state index contributed by atoms with van der Waals surface area (Å²) >= 11 is 13.1. The van der Waals surface area contributed by atoms with Crippen molar-refractivity contribution >= 4 is 43.5 Å². The molecule has 0 aliphatic heterocycles. The molecule has 2 aromatic rings. The maximum atomic E-state index is 5.99. The van der Waals surface area contributed by atoms with Crippen molar-refractivity contribution in [3.05, 3.63) is 49.6 Å². The number of benzene rings is 1. The van der Waals surface area contributed by atoms with Gasteiger partial charge >= 0.3 is 0 Å². The molecule has 1 aromatic carbocycles. The van der Waals surface area contributed by atoms with Crippen LogP contribution in [0.5, 0.6) is 0 Å². The van der Waals surface area contributed by atoms with Crippen LogP contribution in [0.25, 0.3) is 5.69 Å². The molecule has 0 atom stereocenters. The lowest BCUT2D eigenvalue weighted by atomic mass is 10.3. The summed E-state index contributed by atoms with van der Waals surface area (Å²) in [4.78, 5) is 0. The third-order valence-corrected chi connectivity index (χ3v) is 3.90. The summed E-state index contributed by atoms with van der Waals surface area (Å²) in [6.45, 7) is 4.17. The highest BCUT2D eigenvalue weighted by Crippen LogP contribution is 2.34. The Labute approximate surface area is 117 Å². The second-order valence-corrected chi connectivity index (χ2v) is 5.81. The molecule has 1 aromatic heterocycles. The Morgan fingerprint density at radius 3 is 1.88 bits per heavy atom. The van der Waals surface area contributed by atoms with Crippen molar-refractivity contribution in [2.24, 2.45) is 0 Å². The van der Waals surface area contributed by atoms with Gasteiger partial charge in [-0.05, 0) is 70.0 Å². The first-order valence-corrected chi connectivity index (χ1v) is 6.77. The van der Waals surface area contributed by atoms with E-state index >= 15 is 0 Å². The molecule has 0 saturated heterocycles. The van der Waals surface area contributed by atoms with E-state index in [1.807, 2.05) is 12.1 Å². The fraction of sp³-hybridized carbons (Fsp3) is 0.167. The molecule has 4 heteroatoms. The standard InChI is InChI=1S/C12H10Br2ClN/c1-7-3-4-8(2)16(7)12-10(13)5-9(15)6-11(12)14/h3-6H,1-2H3. The number of nitrogens with zero attached hydrogens (tertiary/aromatic N) is 1. The molecule has 0 bridgehead atoms. The average molecular weight is 363 g/mol. The van der Waals surface area contributed by atoms with Crippen molar-refractivity contribution < 1.29 is 0 Å². The molecule has 0 fully saturated rings. The van der Waals surface area contributed by atoms with Gasteiger partial charge in [0.25, 0.3) is 0 Å². The van der Waals surface area contributed by atoms with Crippen LogP contribution >= 0.6 is 43.5 Å². The summed E-state index contributed by atoms with van der Waals surface area (Å²) in [6.07, 6.45) is 0. The van der Waals surface area contributed by atoms with Crippen molar-refractivity contribution in [1.29, 1.82) is 0 Å². The van der Waals surface area contributed by atoms with Gasteiger partial charge in [-0.2, -0.15) is 0 Å². The van der Waals surface area contributed by atoms with Crippen molar-refractivity contribution in [1.82, 2.24) is 4.57 Å². The molecule has 16 heavy (non-hydrogen) atoms. The predicted molar refractivity (Wildman–Crippen MR) is 75.7 cm³/mol. The first-order valence-electron chi connectivity index (χ1n) is 4.80. The number of rotatable bonds is 1. The summed E-state index contributed by atoms with van der Waals surface area (Å²) in [5.41, 5.74) is 3.48. The first kappa shape index (κ1) is 12.2. The smallest absolute Gasteiger partial charge is 0.0741 e. The molecule has 0 aliphatic rings. The molecule has 0 N–H and O–H groups in total. The molecule has 1 heterocycles. The van der Waals surface area contributed by atoms with Crippen LogP contribution in [0.4, 0.5) is 0 Å². The van der Waals surface area contributed by atoms with E-state index in [1.54, 1.807) is 0 Å². The van der Waals surface area contributed by atoms with Crippen LogP contribution in [0.1, 0.15) is 11.4 Å². The van der Waals surface area contributed by atoms with Gasteiger partial charge in [0.15, 0.2) is 0 Å². The second kappa shape index (κ2) is 4.55. The van der Waals surface area contributed by atoms with E-state index in [4.69, 9.17) is 11.6 Å². The molecule has 0 saturated carbocycles. The first-order chi connectivity index (χ1) is 7.50. The molecule has 0 amide bonds. The van der Waals surface area contributed by atoms with Gasteiger partial charge in [-0.25, -0.2) is 0 Å². The highest BCUT2D eigenvalue weighted by molar-refractivity contribution is 9.11. The number of halogens is 3. The van der Waals surface area contributed by atoms with Crippen LogP contribution in [0.3, 0.4) is 0 Å². The summed E-state index contributed by atoms with van der Waals surface area (Å²) in [7, 11) is 0. The summed E-state index contributed by atoms with van der Waals surface area (Å²) in [5.74, 6) is 0. The molecule has 0 radical (unpaired) electrons. The van der Waals surface area contributed by atoms with Gasteiger partial charge in [0.1, 0.15) is 0 Å². The Kier molecular flexibility index (Phi) is 3.48. The monoisotopic (exact) mass is 361 g/mol. The van der Waals surface area contributed by atoms with E-state index in [9.17, 15) is 0 Å². The van der Waals surface area contributed by atoms with Gasteiger partial charge in [0, 0.05) is 25.4 Å². The fourth-order valence-corrected chi connectivity index (χ4v) is 3.79. The van der Waals surface area contributed by atoms with E-state index < -0.39 is 0 Å². The Bertz CT molecular complexity index is 503. The van der Waals surface area contributed by atoms with Gasteiger partial charge in [-0.1, -0.05) is 11.6 Å². The average Bonchev–Trinajstić information content (AvgIpc) is 2.47. The number of hydrogen-bond acceptors (Lipinski definition) is 0. The zero-order valence-corrected chi connectivity index (χ0v) is 12.8. The summed E-state index contributed by atoms with van der Waals surface area (Å²) in [5, 5.41) is 0.713. The van der Waals surface area contributed by atoms with Gasteiger partial charge in [-0.15, -0.1) is 0 Å². The van der Waals surface area contributed by atoms with Crippen LogP contribution in [0, 0.1) is 13.8 Å². The SMILES string of the molecule is Cc1ccc(C)n1-c1c(Br)cc(Cl)cc1Br. The third kappa shape index (κ3) is 2.08. The van der Waals surface area contributed by atoms with E-state index in [1.165, 1.54) is 11.4 Å². The van der Waals surface area contributed by atoms with E-state index in [-0.39, 0.29) is 0 Å². The van der Waals surface area contributed by atoms with Crippen LogP contribution in [-0.2, 0) is 0 Å². The molecule has 0 spiro atoms. The lowest BCUT2D eigenvalue weighted by Crippen LogP contribution is -2.00. The van der Waals surface area contributed by atoms with Gasteiger partial charge < -0.3 is 4.57 Å².